The topological polar surface area (TPSA) is 40.5 Å². The van der Waals surface area contributed by atoms with E-state index in [0.717, 1.165) is 12.0 Å². The minimum atomic E-state index is -0.404. The first-order valence-electron chi connectivity index (χ1n) is 5.19. The Balaban J connectivity index is 2.56. The highest BCUT2D eigenvalue weighted by Crippen LogP contribution is 2.26. The van der Waals surface area contributed by atoms with Crippen LogP contribution in [0.5, 0.6) is 0 Å². The zero-order valence-electron chi connectivity index (χ0n) is 9.18. The van der Waals surface area contributed by atoms with Gasteiger partial charge in [-0.25, -0.2) is 0 Å². The summed E-state index contributed by atoms with van der Waals surface area (Å²) in [6.07, 6.45) is 0.405. The van der Waals surface area contributed by atoms with Crippen LogP contribution in [0.1, 0.15) is 31.9 Å². The minimum Gasteiger partial charge on any atom is -0.396 e. The molecule has 0 aromatic heterocycles. The molecule has 84 valence electrons. The van der Waals surface area contributed by atoms with Gasteiger partial charge in [0.1, 0.15) is 0 Å². The summed E-state index contributed by atoms with van der Waals surface area (Å²) in [4.78, 5) is 1.18. The normalized spacial score (nSPS) is 14.9. The first kappa shape index (κ1) is 12.6. The second kappa shape index (κ2) is 6.16. The van der Waals surface area contributed by atoms with Crippen LogP contribution in [0.2, 0.25) is 0 Å². The van der Waals surface area contributed by atoms with Crippen molar-refractivity contribution >= 4 is 11.8 Å². The SMILES string of the molecule is CC(CCO)Sc1ccc([C@H](C)O)cc1. The highest BCUT2D eigenvalue weighted by Gasteiger charge is 2.04. The summed E-state index contributed by atoms with van der Waals surface area (Å²) in [7, 11) is 0. The van der Waals surface area contributed by atoms with Gasteiger partial charge >= 0.3 is 0 Å². The van der Waals surface area contributed by atoms with Gasteiger partial charge in [0.05, 0.1) is 6.10 Å². The maximum Gasteiger partial charge on any atom is 0.0761 e. The molecular formula is C12H18O2S. The van der Waals surface area contributed by atoms with E-state index in [9.17, 15) is 5.11 Å². The summed E-state index contributed by atoms with van der Waals surface area (Å²) in [6.45, 7) is 4.10. The van der Waals surface area contributed by atoms with Crippen molar-refractivity contribution in [2.75, 3.05) is 6.61 Å². The van der Waals surface area contributed by atoms with E-state index < -0.39 is 6.10 Å². The molecule has 0 spiro atoms. The van der Waals surface area contributed by atoms with Gasteiger partial charge in [0, 0.05) is 16.8 Å². The number of aliphatic hydroxyl groups excluding tert-OH is 2. The maximum absolute atomic E-state index is 9.34. The zero-order chi connectivity index (χ0) is 11.3. The summed E-state index contributed by atoms with van der Waals surface area (Å²) in [5.41, 5.74) is 0.939. The molecule has 0 amide bonds. The Morgan fingerprint density at radius 3 is 2.27 bits per heavy atom. The molecular weight excluding hydrogens is 208 g/mol. The molecule has 15 heavy (non-hydrogen) atoms. The molecule has 0 aliphatic carbocycles. The molecule has 0 bridgehead atoms. The Hall–Kier alpha value is -0.510. The molecule has 1 aromatic carbocycles. The van der Waals surface area contributed by atoms with Crippen LogP contribution < -0.4 is 0 Å². The van der Waals surface area contributed by atoms with Crippen LogP contribution in [0.4, 0.5) is 0 Å². The number of benzene rings is 1. The van der Waals surface area contributed by atoms with Crippen LogP contribution in [0.3, 0.4) is 0 Å². The van der Waals surface area contributed by atoms with E-state index in [1.807, 2.05) is 24.3 Å². The Kier molecular flexibility index (Phi) is 5.15. The van der Waals surface area contributed by atoms with Crippen LogP contribution in [-0.4, -0.2) is 22.1 Å². The smallest absolute Gasteiger partial charge is 0.0761 e. The van der Waals surface area contributed by atoms with E-state index in [-0.39, 0.29) is 6.61 Å². The zero-order valence-corrected chi connectivity index (χ0v) is 10.00. The van der Waals surface area contributed by atoms with Gasteiger partial charge in [-0.15, -0.1) is 11.8 Å². The van der Waals surface area contributed by atoms with Crippen molar-refractivity contribution in [3.05, 3.63) is 29.8 Å². The van der Waals surface area contributed by atoms with Crippen molar-refractivity contribution < 1.29 is 10.2 Å². The van der Waals surface area contributed by atoms with Crippen LogP contribution in [0.15, 0.2) is 29.2 Å². The molecule has 1 rings (SSSR count). The molecule has 0 saturated carbocycles. The quantitative estimate of drug-likeness (QED) is 0.758. The van der Waals surface area contributed by atoms with E-state index in [0.29, 0.717) is 5.25 Å². The van der Waals surface area contributed by atoms with E-state index in [2.05, 4.69) is 6.92 Å². The van der Waals surface area contributed by atoms with Crippen molar-refractivity contribution in [2.24, 2.45) is 0 Å². The largest absolute Gasteiger partial charge is 0.396 e. The maximum atomic E-state index is 9.34. The average molecular weight is 226 g/mol. The fourth-order valence-corrected chi connectivity index (χ4v) is 2.28. The third kappa shape index (κ3) is 4.24. The van der Waals surface area contributed by atoms with E-state index >= 15 is 0 Å². The fourth-order valence-electron chi connectivity index (χ4n) is 1.30. The number of hydrogen-bond acceptors (Lipinski definition) is 3. The second-order valence-corrected chi connectivity index (χ2v) is 5.20. The lowest BCUT2D eigenvalue weighted by atomic mass is 10.1. The number of rotatable bonds is 5. The van der Waals surface area contributed by atoms with Crippen molar-refractivity contribution in [1.82, 2.24) is 0 Å². The summed E-state index contributed by atoms with van der Waals surface area (Å²) < 4.78 is 0. The molecule has 0 aliphatic rings. The first-order valence-corrected chi connectivity index (χ1v) is 6.07. The molecule has 0 saturated heterocycles. The molecule has 1 unspecified atom stereocenters. The monoisotopic (exact) mass is 226 g/mol. The summed E-state index contributed by atoms with van der Waals surface area (Å²) in [6, 6.07) is 7.92. The highest BCUT2D eigenvalue weighted by molar-refractivity contribution is 7.99. The van der Waals surface area contributed by atoms with E-state index in [4.69, 9.17) is 5.11 Å². The Bertz CT molecular complexity index is 282. The van der Waals surface area contributed by atoms with Gasteiger partial charge in [0.25, 0.3) is 0 Å². The van der Waals surface area contributed by atoms with Gasteiger partial charge in [-0.2, -0.15) is 0 Å². The lowest BCUT2D eigenvalue weighted by molar-refractivity contribution is 0.199. The van der Waals surface area contributed by atoms with Gasteiger partial charge in [-0.1, -0.05) is 19.1 Å². The number of aliphatic hydroxyl groups is 2. The first-order chi connectivity index (χ1) is 7.13. The van der Waals surface area contributed by atoms with Crippen LogP contribution >= 0.6 is 11.8 Å². The molecule has 0 radical (unpaired) electrons. The lowest BCUT2D eigenvalue weighted by Gasteiger charge is -2.10. The van der Waals surface area contributed by atoms with Crippen LogP contribution in [0.25, 0.3) is 0 Å². The van der Waals surface area contributed by atoms with Gasteiger partial charge in [-0.05, 0) is 31.0 Å². The van der Waals surface area contributed by atoms with Crippen LogP contribution in [0, 0.1) is 0 Å². The highest BCUT2D eigenvalue weighted by atomic mass is 32.2. The predicted molar refractivity (Wildman–Crippen MR) is 64.1 cm³/mol. The third-order valence-electron chi connectivity index (χ3n) is 2.24. The van der Waals surface area contributed by atoms with Crippen molar-refractivity contribution in [3.8, 4) is 0 Å². The third-order valence-corrected chi connectivity index (χ3v) is 3.42. The molecule has 2 atom stereocenters. The second-order valence-electron chi connectivity index (χ2n) is 3.69. The Morgan fingerprint density at radius 2 is 1.80 bits per heavy atom. The minimum absolute atomic E-state index is 0.236. The van der Waals surface area contributed by atoms with Crippen LogP contribution in [-0.2, 0) is 0 Å². The molecule has 0 aliphatic heterocycles. The van der Waals surface area contributed by atoms with Gasteiger partial charge in [0.15, 0.2) is 0 Å². The van der Waals surface area contributed by atoms with Gasteiger partial charge < -0.3 is 10.2 Å². The molecule has 2 N–H and O–H groups in total. The summed E-state index contributed by atoms with van der Waals surface area (Å²) >= 11 is 1.75. The molecule has 3 heteroatoms. The van der Waals surface area contributed by atoms with Crippen molar-refractivity contribution in [3.63, 3.8) is 0 Å². The standard InChI is InChI=1S/C12H18O2S/c1-9(7-8-13)15-12-5-3-11(4-6-12)10(2)14/h3-6,9-10,13-14H,7-8H2,1-2H3/t9?,10-/m0/s1. The Morgan fingerprint density at radius 1 is 1.20 bits per heavy atom. The van der Waals surface area contributed by atoms with E-state index in [1.54, 1.807) is 18.7 Å². The number of thioether (sulfide) groups is 1. The van der Waals surface area contributed by atoms with Gasteiger partial charge in [-0.3, -0.25) is 0 Å². The van der Waals surface area contributed by atoms with Gasteiger partial charge in [0.2, 0.25) is 0 Å². The van der Waals surface area contributed by atoms with Crippen molar-refractivity contribution in [2.45, 2.75) is 36.5 Å². The lowest BCUT2D eigenvalue weighted by Crippen LogP contribution is -1.99. The predicted octanol–water partition coefficient (Wildman–Crippen LogP) is 2.60. The number of hydrogen-bond donors (Lipinski definition) is 2. The Labute approximate surface area is 95.3 Å². The van der Waals surface area contributed by atoms with E-state index in [1.165, 1.54) is 4.90 Å². The average Bonchev–Trinajstić information content (AvgIpc) is 2.18. The molecule has 0 heterocycles. The molecule has 2 nitrogen and oxygen atoms in total. The molecule has 1 aromatic rings. The van der Waals surface area contributed by atoms with Crippen molar-refractivity contribution in [1.29, 1.82) is 0 Å². The summed E-state index contributed by atoms with van der Waals surface area (Å²) in [5, 5.41) is 18.5. The fraction of sp³-hybridized carbons (Fsp3) is 0.500. The molecule has 0 fully saturated rings. The summed E-state index contributed by atoms with van der Waals surface area (Å²) in [5.74, 6) is 0.